The third-order valence-corrected chi connectivity index (χ3v) is 3.86. The Morgan fingerprint density at radius 3 is 2.00 bits per heavy atom. The number of nitrogens with zero attached hydrogens (tertiary/aromatic N) is 1. The van der Waals surface area contributed by atoms with Crippen molar-refractivity contribution >= 4 is 11.8 Å². The molecule has 22 heavy (non-hydrogen) atoms. The molecule has 0 rings (SSSR count). The van der Waals surface area contributed by atoms with Crippen LogP contribution in [0, 0.1) is 0 Å². The van der Waals surface area contributed by atoms with Crippen LogP contribution in [-0.4, -0.2) is 36.3 Å². The summed E-state index contributed by atoms with van der Waals surface area (Å²) >= 11 is 0. The second kappa shape index (κ2) is 14.9. The van der Waals surface area contributed by atoms with Crippen molar-refractivity contribution in [1.82, 2.24) is 10.2 Å². The van der Waals surface area contributed by atoms with Crippen LogP contribution in [0.15, 0.2) is 0 Å². The molecule has 0 saturated carbocycles. The fourth-order valence-electron chi connectivity index (χ4n) is 2.49. The molecule has 0 spiro atoms. The maximum absolute atomic E-state index is 12.3. The highest BCUT2D eigenvalue weighted by atomic mass is 16.2. The van der Waals surface area contributed by atoms with Gasteiger partial charge in [0.25, 0.3) is 0 Å². The second-order valence-electron chi connectivity index (χ2n) is 6.09. The van der Waals surface area contributed by atoms with Crippen LogP contribution in [0.3, 0.4) is 0 Å². The van der Waals surface area contributed by atoms with Gasteiger partial charge in [-0.1, -0.05) is 52.4 Å². The van der Waals surface area contributed by atoms with Gasteiger partial charge in [-0.15, -0.1) is 0 Å². The number of carbonyl (C=O) groups excluding carboxylic acids is 2. The minimum atomic E-state index is 0.000359. The van der Waals surface area contributed by atoms with Gasteiger partial charge in [-0.3, -0.25) is 9.59 Å². The van der Waals surface area contributed by atoms with E-state index in [1.54, 1.807) is 0 Å². The zero-order valence-corrected chi connectivity index (χ0v) is 15.0. The zero-order chi connectivity index (χ0) is 16.6. The van der Waals surface area contributed by atoms with E-state index in [0.717, 1.165) is 38.8 Å². The van der Waals surface area contributed by atoms with E-state index in [1.165, 1.54) is 39.0 Å². The van der Waals surface area contributed by atoms with Gasteiger partial charge < -0.3 is 10.2 Å². The van der Waals surface area contributed by atoms with E-state index in [0.29, 0.717) is 13.0 Å². The summed E-state index contributed by atoms with van der Waals surface area (Å²) in [6, 6.07) is 0. The van der Waals surface area contributed by atoms with Gasteiger partial charge in [0, 0.05) is 33.0 Å². The number of carbonyl (C=O) groups is 2. The molecule has 0 bridgehead atoms. The highest BCUT2D eigenvalue weighted by molar-refractivity contribution is 5.76. The van der Waals surface area contributed by atoms with Crippen molar-refractivity contribution in [2.24, 2.45) is 0 Å². The highest BCUT2D eigenvalue weighted by Gasteiger charge is 2.12. The van der Waals surface area contributed by atoms with Crippen LogP contribution in [0.2, 0.25) is 0 Å². The Hall–Kier alpha value is -1.06. The Bertz CT molecular complexity index is 293. The molecule has 130 valence electrons. The normalized spacial score (nSPS) is 10.5. The molecule has 0 unspecified atom stereocenters. The van der Waals surface area contributed by atoms with E-state index < -0.39 is 0 Å². The van der Waals surface area contributed by atoms with E-state index in [-0.39, 0.29) is 11.8 Å². The van der Waals surface area contributed by atoms with Crippen molar-refractivity contribution in [1.29, 1.82) is 0 Å². The topological polar surface area (TPSA) is 49.4 Å². The molecule has 0 heterocycles. The van der Waals surface area contributed by atoms with Crippen molar-refractivity contribution in [3.05, 3.63) is 0 Å². The molecule has 1 N–H and O–H groups in total. The lowest BCUT2D eigenvalue weighted by atomic mass is 10.1. The number of nitrogens with one attached hydrogen (secondary N) is 1. The molecule has 0 aromatic heterocycles. The minimum absolute atomic E-state index is 0.000359. The highest BCUT2D eigenvalue weighted by Crippen LogP contribution is 2.08. The molecule has 2 amide bonds. The Balaban J connectivity index is 4.06. The molecule has 0 aliphatic carbocycles. The fraction of sp³-hybridized carbons (Fsp3) is 0.889. The van der Waals surface area contributed by atoms with Crippen molar-refractivity contribution in [3.8, 4) is 0 Å². The van der Waals surface area contributed by atoms with Gasteiger partial charge in [-0.2, -0.15) is 0 Å². The predicted octanol–water partition coefficient (Wildman–Crippen LogP) is 3.89. The number of hydrogen-bond donors (Lipinski definition) is 1. The van der Waals surface area contributed by atoms with Crippen LogP contribution >= 0.6 is 0 Å². The predicted molar refractivity (Wildman–Crippen MR) is 92.8 cm³/mol. The maximum atomic E-state index is 12.3. The van der Waals surface area contributed by atoms with E-state index in [1.807, 2.05) is 4.90 Å². The van der Waals surface area contributed by atoms with Crippen LogP contribution in [0.25, 0.3) is 0 Å². The molecule has 0 aromatic rings. The van der Waals surface area contributed by atoms with E-state index in [9.17, 15) is 9.59 Å². The molecule has 0 aromatic carbocycles. The van der Waals surface area contributed by atoms with Crippen molar-refractivity contribution in [2.45, 2.75) is 85.0 Å². The Kier molecular flexibility index (Phi) is 14.1. The van der Waals surface area contributed by atoms with E-state index in [2.05, 4.69) is 19.2 Å². The first-order valence-corrected chi connectivity index (χ1v) is 9.14. The molecule has 0 aliphatic heterocycles. The number of hydrogen-bond acceptors (Lipinski definition) is 2. The molecular weight excluding hydrogens is 276 g/mol. The van der Waals surface area contributed by atoms with Crippen LogP contribution in [0.4, 0.5) is 0 Å². The van der Waals surface area contributed by atoms with Crippen molar-refractivity contribution in [3.63, 3.8) is 0 Å². The summed E-state index contributed by atoms with van der Waals surface area (Å²) in [5, 5.41) is 2.80. The van der Waals surface area contributed by atoms with E-state index >= 15 is 0 Å². The van der Waals surface area contributed by atoms with Crippen LogP contribution in [0.5, 0.6) is 0 Å². The average molecular weight is 312 g/mol. The SMILES string of the molecule is CCCCCCC(=O)N(CCCCCC)CCCNC(C)=O. The number of unbranched alkanes of at least 4 members (excludes halogenated alkanes) is 6. The Morgan fingerprint density at radius 1 is 0.818 bits per heavy atom. The first-order chi connectivity index (χ1) is 10.6. The molecule has 0 fully saturated rings. The summed E-state index contributed by atoms with van der Waals surface area (Å²) in [5.74, 6) is 0.288. The molecule has 0 saturated heterocycles. The van der Waals surface area contributed by atoms with Crippen LogP contribution in [0.1, 0.15) is 85.0 Å². The smallest absolute Gasteiger partial charge is 0.222 e. The first kappa shape index (κ1) is 20.9. The van der Waals surface area contributed by atoms with Gasteiger partial charge in [-0.25, -0.2) is 0 Å². The fourth-order valence-corrected chi connectivity index (χ4v) is 2.49. The Morgan fingerprint density at radius 2 is 1.41 bits per heavy atom. The average Bonchev–Trinajstić information content (AvgIpc) is 2.49. The Labute approximate surface area is 137 Å². The third-order valence-electron chi connectivity index (χ3n) is 3.86. The lowest BCUT2D eigenvalue weighted by Crippen LogP contribution is -2.34. The van der Waals surface area contributed by atoms with Gasteiger partial charge in [0.1, 0.15) is 0 Å². The van der Waals surface area contributed by atoms with Gasteiger partial charge in [0.05, 0.1) is 0 Å². The van der Waals surface area contributed by atoms with Gasteiger partial charge in [0.15, 0.2) is 0 Å². The second-order valence-corrected chi connectivity index (χ2v) is 6.09. The molecule has 0 radical (unpaired) electrons. The lowest BCUT2D eigenvalue weighted by Gasteiger charge is -2.23. The van der Waals surface area contributed by atoms with Gasteiger partial charge in [-0.05, 0) is 19.3 Å². The van der Waals surface area contributed by atoms with Gasteiger partial charge >= 0.3 is 0 Å². The molecule has 0 aliphatic rings. The maximum Gasteiger partial charge on any atom is 0.222 e. The molecule has 4 heteroatoms. The summed E-state index contributed by atoms with van der Waals surface area (Å²) < 4.78 is 0. The van der Waals surface area contributed by atoms with Crippen LogP contribution < -0.4 is 5.32 Å². The molecule has 4 nitrogen and oxygen atoms in total. The largest absolute Gasteiger partial charge is 0.356 e. The van der Waals surface area contributed by atoms with Gasteiger partial charge in [0.2, 0.25) is 11.8 Å². The zero-order valence-electron chi connectivity index (χ0n) is 15.0. The first-order valence-electron chi connectivity index (χ1n) is 9.14. The standard InChI is InChI=1S/C18H36N2O2/c1-4-6-8-10-13-18(22)20(15-11-9-7-5-2)16-12-14-19-17(3)21/h4-16H2,1-3H3,(H,19,21). The van der Waals surface area contributed by atoms with E-state index in [4.69, 9.17) is 0 Å². The summed E-state index contributed by atoms with van der Waals surface area (Å²) in [4.78, 5) is 25.2. The monoisotopic (exact) mass is 312 g/mol. The number of rotatable bonds is 14. The molecule has 0 atom stereocenters. The third kappa shape index (κ3) is 12.7. The lowest BCUT2D eigenvalue weighted by molar-refractivity contribution is -0.131. The van der Waals surface area contributed by atoms with Crippen LogP contribution in [-0.2, 0) is 9.59 Å². The summed E-state index contributed by atoms with van der Waals surface area (Å²) in [6.45, 7) is 8.20. The summed E-state index contributed by atoms with van der Waals surface area (Å²) in [7, 11) is 0. The minimum Gasteiger partial charge on any atom is -0.356 e. The van der Waals surface area contributed by atoms with Crippen molar-refractivity contribution < 1.29 is 9.59 Å². The van der Waals surface area contributed by atoms with Crippen molar-refractivity contribution in [2.75, 3.05) is 19.6 Å². The summed E-state index contributed by atoms with van der Waals surface area (Å²) in [5.41, 5.74) is 0. The molecular formula is C18H36N2O2. The number of amides is 2. The summed E-state index contributed by atoms with van der Waals surface area (Å²) in [6.07, 6.45) is 10.8. The quantitative estimate of drug-likeness (QED) is 0.495.